The SMILES string of the molecule is C[C@]1(/C=C\c2ccccn2)[C@H](C(=O)[O-])N2C(=O)C[C@H]2S1(=O)=O.[Na+]. The van der Waals surface area contributed by atoms with Crippen molar-refractivity contribution < 1.29 is 52.7 Å². The van der Waals surface area contributed by atoms with E-state index in [9.17, 15) is 23.1 Å². The summed E-state index contributed by atoms with van der Waals surface area (Å²) < 4.78 is 23.5. The van der Waals surface area contributed by atoms with Crippen molar-refractivity contribution in [2.45, 2.75) is 29.5 Å². The van der Waals surface area contributed by atoms with Crippen LogP contribution < -0.4 is 34.7 Å². The van der Waals surface area contributed by atoms with Crippen LogP contribution in [-0.4, -0.2) is 46.3 Å². The quantitative estimate of drug-likeness (QED) is 0.408. The van der Waals surface area contributed by atoms with E-state index in [4.69, 9.17) is 0 Å². The van der Waals surface area contributed by atoms with E-state index in [0.717, 1.165) is 4.90 Å². The molecule has 116 valence electrons. The summed E-state index contributed by atoms with van der Waals surface area (Å²) in [6.45, 7) is 1.30. The third kappa shape index (κ3) is 2.53. The maximum absolute atomic E-state index is 12.6. The van der Waals surface area contributed by atoms with Crippen LogP contribution >= 0.6 is 0 Å². The third-order valence-electron chi connectivity index (χ3n) is 4.24. The number of carboxylic acids is 1. The van der Waals surface area contributed by atoms with E-state index in [1.807, 2.05) is 0 Å². The first-order valence-electron chi connectivity index (χ1n) is 6.65. The van der Waals surface area contributed by atoms with Gasteiger partial charge in [0.25, 0.3) is 0 Å². The van der Waals surface area contributed by atoms with Gasteiger partial charge in [-0.2, -0.15) is 0 Å². The normalized spacial score (nSPS) is 31.3. The van der Waals surface area contributed by atoms with Gasteiger partial charge in [0.1, 0.15) is 10.1 Å². The molecule has 3 heterocycles. The van der Waals surface area contributed by atoms with Gasteiger partial charge in [-0.3, -0.25) is 9.78 Å². The number of nitrogens with zero attached hydrogens (tertiary/aromatic N) is 2. The predicted octanol–water partition coefficient (Wildman–Crippen LogP) is -4.04. The maximum Gasteiger partial charge on any atom is 1.00 e. The Labute approximate surface area is 155 Å². The second-order valence-corrected chi connectivity index (χ2v) is 8.01. The first kappa shape index (κ1) is 18.1. The molecule has 1 aromatic rings. The van der Waals surface area contributed by atoms with E-state index in [0.29, 0.717) is 5.69 Å². The first-order valence-corrected chi connectivity index (χ1v) is 8.19. The number of amides is 1. The largest absolute Gasteiger partial charge is 1.00 e. The molecule has 0 radical (unpaired) electrons. The van der Waals surface area contributed by atoms with E-state index in [2.05, 4.69) is 4.98 Å². The number of hydrogen-bond donors (Lipinski definition) is 0. The molecule has 1 aromatic heterocycles. The summed E-state index contributed by atoms with van der Waals surface area (Å²) in [5, 5.41) is 10.4. The van der Waals surface area contributed by atoms with Crippen molar-refractivity contribution in [1.82, 2.24) is 9.88 Å². The monoisotopic (exact) mass is 344 g/mol. The van der Waals surface area contributed by atoms with Gasteiger partial charge in [0, 0.05) is 6.20 Å². The number of rotatable bonds is 3. The zero-order chi connectivity index (χ0) is 16.1. The van der Waals surface area contributed by atoms with Crippen LogP contribution in [0, 0.1) is 0 Å². The Balaban J connectivity index is 0.00000192. The molecule has 0 aromatic carbocycles. The summed E-state index contributed by atoms with van der Waals surface area (Å²) in [5.41, 5.74) is 0.497. The van der Waals surface area contributed by atoms with Crippen LogP contribution in [0.1, 0.15) is 19.0 Å². The molecule has 0 bridgehead atoms. The molecule has 0 N–H and O–H groups in total. The number of carboxylic acid groups (broad SMARTS) is 1. The Morgan fingerprint density at radius 3 is 2.70 bits per heavy atom. The molecule has 0 spiro atoms. The fourth-order valence-corrected chi connectivity index (χ4v) is 5.22. The van der Waals surface area contributed by atoms with Crippen molar-refractivity contribution in [3.05, 3.63) is 36.2 Å². The van der Waals surface area contributed by atoms with Crippen molar-refractivity contribution in [3.8, 4) is 0 Å². The van der Waals surface area contributed by atoms with E-state index in [-0.39, 0.29) is 36.0 Å². The number of fused-ring (bicyclic) bond motifs is 1. The predicted molar refractivity (Wildman–Crippen MR) is 74.6 cm³/mol. The topological polar surface area (TPSA) is 107 Å². The standard InChI is InChI=1S/C14H14N2O5S.Na/c1-14(6-5-9-4-2-3-7-15-9)12(13(18)19)16-10(17)8-11(16)22(14,20)21;/h2-7,11-12H,8H2,1H3,(H,18,19);/q;+1/p-1/b6-5-;/t11-,12+,14+;/m1./s1. The Bertz CT molecular complexity index is 780. The number of β-lactam (4-membered cyclic amide) rings is 1. The molecule has 9 heteroatoms. The van der Waals surface area contributed by atoms with E-state index >= 15 is 0 Å². The van der Waals surface area contributed by atoms with Crippen molar-refractivity contribution >= 4 is 27.8 Å². The average Bonchev–Trinajstić information content (AvgIpc) is 2.61. The van der Waals surface area contributed by atoms with Gasteiger partial charge < -0.3 is 14.8 Å². The summed E-state index contributed by atoms with van der Waals surface area (Å²) in [5.74, 6) is -2.06. The third-order valence-corrected chi connectivity index (χ3v) is 6.93. The van der Waals surface area contributed by atoms with Crippen LogP contribution in [0.15, 0.2) is 30.5 Å². The number of aliphatic carboxylic acids is 1. The fourth-order valence-electron chi connectivity index (χ4n) is 2.95. The molecule has 0 aliphatic carbocycles. The van der Waals surface area contributed by atoms with E-state index < -0.39 is 37.9 Å². The van der Waals surface area contributed by atoms with Crippen molar-refractivity contribution in [3.63, 3.8) is 0 Å². The summed E-state index contributed by atoms with van der Waals surface area (Å²) in [6, 6.07) is 3.57. The molecule has 2 aliphatic heterocycles. The van der Waals surface area contributed by atoms with Gasteiger partial charge in [-0.15, -0.1) is 0 Å². The molecule has 1 amide bonds. The number of sulfone groups is 1. The van der Waals surface area contributed by atoms with Crippen LogP contribution in [-0.2, 0) is 19.4 Å². The van der Waals surface area contributed by atoms with E-state index in [1.54, 1.807) is 18.2 Å². The van der Waals surface area contributed by atoms with Crippen LogP contribution in [0.2, 0.25) is 0 Å². The second-order valence-electron chi connectivity index (χ2n) is 5.50. The molecule has 2 aliphatic rings. The Morgan fingerprint density at radius 2 is 2.17 bits per heavy atom. The molecule has 2 saturated heterocycles. The first-order chi connectivity index (χ1) is 10.3. The van der Waals surface area contributed by atoms with Gasteiger partial charge in [-0.25, -0.2) is 8.42 Å². The van der Waals surface area contributed by atoms with Gasteiger partial charge in [0.2, 0.25) is 5.91 Å². The zero-order valence-corrected chi connectivity index (χ0v) is 15.5. The molecule has 3 atom stereocenters. The van der Waals surface area contributed by atoms with E-state index in [1.165, 1.54) is 25.3 Å². The number of hydrogen-bond acceptors (Lipinski definition) is 6. The Kier molecular flexibility index (Phi) is 4.74. The molecular weight excluding hydrogens is 331 g/mol. The molecule has 7 nitrogen and oxygen atoms in total. The molecule has 2 fully saturated rings. The summed E-state index contributed by atoms with van der Waals surface area (Å²) >= 11 is 0. The average molecular weight is 344 g/mol. The number of pyridine rings is 1. The minimum atomic E-state index is -3.86. The van der Waals surface area contributed by atoms with Crippen molar-refractivity contribution in [2.75, 3.05) is 0 Å². The number of carbonyl (C=O) groups excluding carboxylic acids is 2. The van der Waals surface area contributed by atoms with Crippen LogP contribution in [0.4, 0.5) is 0 Å². The second kappa shape index (κ2) is 6.01. The Hall–Kier alpha value is -1.22. The minimum absolute atomic E-state index is 0. The van der Waals surface area contributed by atoms with Gasteiger partial charge in [0.15, 0.2) is 9.84 Å². The molecule has 23 heavy (non-hydrogen) atoms. The van der Waals surface area contributed by atoms with Gasteiger partial charge in [-0.1, -0.05) is 12.1 Å². The summed E-state index contributed by atoms with van der Waals surface area (Å²) in [6.07, 6.45) is 4.10. The maximum atomic E-state index is 12.6. The summed E-state index contributed by atoms with van der Waals surface area (Å²) in [4.78, 5) is 28.0. The molecule has 0 unspecified atom stereocenters. The van der Waals surface area contributed by atoms with Gasteiger partial charge in [-0.05, 0) is 25.1 Å². The van der Waals surface area contributed by atoms with Crippen LogP contribution in [0.3, 0.4) is 0 Å². The van der Waals surface area contributed by atoms with Crippen LogP contribution in [0.25, 0.3) is 6.08 Å². The van der Waals surface area contributed by atoms with Crippen LogP contribution in [0.5, 0.6) is 0 Å². The Morgan fingerprint density at radius 1 is 1.48 bits per heavy atom. The van der Waals surface area contributed by atoms with Gasteiger partial charge in [0.05, 0.1) is 24.1 Å². The van der Waals surface area contributed by atoms with Gasteiger partial charge >= 0.3 is 29.6 Å². The summed E-state index contributed by atoms with van der Waals surface area (Å²) in [7, 11) is -3.86. The molecule has 0 saturated carbocycles. The number of aromatic nitrogens is 1. The van der Waals surface area contributed by atoms with Crippen molar-refractivity contribution in [2.24, 2.45) is 0 Å². The number of carbonyl (C=O) groups is 2. The minimum Gasteiger partial charge on any atom is -0.548 e. The molecule has 3 rings (SSSR count). The smallest absolute Gasteiger partial charge is 0.548 e. The van der Waals surface area contributed by atoms with Crippen molar-refractivity contribution in [1.29, 1.82) is 0 Å². The zero-order valence-electron chi connectivity index (χ0n) is 12.7. The fraction of sp³-hybridized carbons (Fsp3) is 0.357. The molecular formula is C14H13N2NaO5S.